The highest BCUT2D eigenvalue weighted by Gasteiger charge is 2.16. The van der Waals surface area contributed by atoms with Crippen molar-refractivity contribution in [1.82, 2.24) is 14.9 Å². The van der Waals surface area contributed by atoms with E-state index < -0.39 is 18.6 Å². The van der Waals surface area contributed by atoms with Crippen LogP contribution in [0.15, 0.2) is 67.0 Å². The molecule has 0 spiro atoms. The predicted molar refractivity (Wildman–Crippen MR) is 123 cm³/mol. The van der Waals surface area contributed by atoms with E-state index in [1.54, 1.807) is 6.20 Å². The highest BCUT2D eigenvalue weighted by molar-refractivity contribution is 5.96. The summed E-state index contributed by atoms with van der Waals surface area (Å²) >= 11 is 0. The Balaban J connectivity index is 1.42. The maximum Gasteiger partial charge on any atom is 0.323 e. The first-order valence-electron chi connectivity index (χ1n) is 10.7. The highest BCUT2D eigenvalue weighted by atomic mass is 16.6. The number of hydrogen-bond donors (Lipinski definition) is 3. The highest BCUT2D eigenvalue weighted by Crippen LogP contribution is 2.37. The SMILES string of the molecule is O=C(O)[C@H](CO)NCc1ccc(-n2ccc3c(-c4ccc5c(c4)OCCO5)cccc32)nc1. The Labute approximate surface area is 190 Å². The van der Waals surface area contributed by atoms with E-state index in [9.17, 15) is 4.79 Å². The van der Waals surface area contributed by atoms with Gasteiger partial charge in [-0.3, -0.25) is 10.1 Å². The fourth-order valence-corrected chi connectivity index (χ4v) is 3.96. The van der Waals surface area contributed by atoms with Gasteiger partial charge in [0.1, 0.15) is 25.1 Å². The van der Waals surface area contributed by atoms with Crippen LogP contribution in [0.3, 0.4) is 0 Å². The lowest BCUT2D eigenvalue weighted by Crippen LogP contribution is -2.39. The number of carboxylic acids is 1. The molecule has 0 radical (unpaired) electrons. The van der Waals surface area contributed by atoms with Crippen LogP contribution in [-0.2, 0) is 11.3 Å². The number of aliphatic hydroxyl groups excluding tert-OH is 1. The van der Waals surface area contributed by atoms with E-state index in [0.29, 0.717) is 19.8 Å². The number of carbonyl (C=O) groups is 1. The monoisotopic (exact) mass is 445 g/mol. The van der Waals surface area contributed by atoms with Gasteiger partial charge in [0.25, 0.3) is 0 Å². The van der Waals surface area contributed by atoms with E-state index in [1.807, 2.05) is 53.2 Å². The largest absolute Gasteiger partial charge is 0.486 e. The van der Waals surface area contributed by atoms with Crippen LogP contribution in [-0.4, -0.2) is 51.6 Å². The molecule has 0 saturated heterocycles. The third-order valence-electron chi connectivity index (χ3n) is 5.68. The third-order valence-corrected chi connectivity index (χ3v) is 5.68. The molecule has 168 valence electrons. The molecule has 1 aliphatic rings. The van der Waals surface area contributed by atoms with Crippen LogP contribution in [0.25, 0.3) is 27.8 Å². The first kappa shape index (κ1) is 21.0. The second-order valence-corrected chi connectivity index (χ2v) is 7.76. The molecule has 0 unspecified atom stereocenters. The molecule has 0 saturated carbocycles. The van der Waals surface area contributed by atoms with Crippen LogP contribution in [0.1, 0.15) is 5.56 Å². The topological polar surface area (TPSA) is 106 Å². The van der Waals surface area contributed by atoms with Crippen LogP contribution in [0.5, 0.6) is 11.5 Å². The standard InChI is InChI=1S/C25H23N3O5/c29-15-20(25(30)31)26-13-16-4-7-24(27-14-16)28-9-8-19-18(2-1-3-21(19)28)17-5-6-22-23(12-17)33-11-10-32-22/h1-9,12,14,20,26,29H,10-11,13,15H2,(H,30,31)/t20-/m0/s1. The summed E-state index contributed by atoms with van der Waals surface area (Å²) in [5.41, 5.74) is 3.99. The molecule has 4 aromatic rings. The van der Waals surface area contributed by atoms with Crippen molar-refractivity contribution in [3.63, 3.8) is 0 Å². The Morgan fingerprint density at radius 3 is 2.70 bits per heavy atom. The van der Waals surface area contributed by atoms with Gasteiger partial charge >= 0.3 is 5.97 Å². The Morgan fingerprint density at radius 1 is 1.09 bits per heavy atom. The van der Waals surface area contributed by atoms with Crippen LogP contribution in [0.2, 0.25) is 0 Å². The van der Waals surface area contributed by atoms with E-state index in [1.165, 1.54) is 0 Å². The zero-order valence-electron chi connectivity index (χ0n) is 17.8. The number of aliphatic carboxylic acids is 1. The van der Waals surface area contributed by atoms with Gasteiger partial charge in [-0.05, 0) is 47.0 Å². The number of hydrogen-bond acceptors (Lipinski definition) is 6. The second-order valence-electron chi connectivity index (χ2n) is 7.76. The number of carboxylic acid groups (broad SMARTS) is 1. The molecular formula is C25H23N3O5. The fourth-order valence-electron chi connectivity index (χ4n) is 3.96. The molecule has 8 heteroatoms. The molecular weight excluding hydrogens is 422 g/mol. The van der Waals surface area contributed by atoms with Gasteiger partial charge in [-0.1, -0.05) is 24.3 Å². The van der Waals surface area contributed by atoms with Gasteiger partial charge < -0.3 is 24.3 Å². The van der Waals surface area contributed by atoms with Crippen molar-refractivity contribution in [2.45, 2.75) is 12.6 Å². The van der Waals surface area contributed by atoms with Gasteiger partial charge in [0, 0.05) is 24.3 Å². The van der Waals surface area contributed by atoms with Gasteiger partial charge in [0.15, 0.2) is 11.5 Å². The summed E-state index contributed by atoms with van der Waals surface area (Å²) in [6, 6.07) is 17.0. The maximum absolute atomic E-state index is 11.0. The minimum absolute atomic E-state index is 0.297. The Hall–Kier alpha value is -3.88. The molecule has 3 N–H and O–H groups in total. The second kappa shape index (κ2) is 8.93. The van der Waals surface area contributed by atoms with Crippen molar-refractivity contribution in [2.75, 3.05) is 19.8 Å². The maximum atomic E-state index is 11.0. The quantitative estimate of drug-likeness (QED) is 0.402. The number of nitrogens with one attached hydrogen (secondary N) is 1. The number of ether oxygens (including phenoxy) is 2. The van der Waals surface area contributed by atoms with Gasteiger partial charge in [-0.15, -0.1) is 0 Å². The van der Waals surface area contributed by atoms with Crippen LogP contribution >= 0.6 is 0 Å². The zero-order valence-corrected chi connectivity index (χ0v) is 17.8. The van der Waals surface area contributed by atoms with Gasteiger partial charge in [-0.25, -0.2) is 4.98 Å². The average molecular weight is 445 g/mol. The summed E-state index contributed by atoms with van der Waals surface area (Å²) < 4.78 is 13.4. The molecule has 8 nitrogen and oxygen atoms in total. The molecule has 5 rings (SSSR count). The smallest absolute Gasteiger partial charge is 0.323 e. The van der Waals surface area contributed by atoms with Gasteiger partial charge in [-0.2, -0.15) is 0 Å². The minimum atomic E-state index is -1.09. The Morgan fingerprint density at radius 2 is 1.94 bits per heavy atom. The summed E-state index contributed by atoms with van der Waals surface area (Å²) in [7, 11) is 0. The number of rotatable bonds is 7. The van der Waals surface area contributed by atoms with Crippen LogP contribution < -0.4 is 14.8 Å². The first-order valence-corrected chi connectivity index (χ1v) is 10.7. The normalized spacial score (nSPS) is 13.7. The lowest BCUT2D eigenvalue weighted by Gasteiger charge is -2.19. The third kappa shape index (κ3) is 4.13. The van der Waals surface area contributed by atoms with Gasteiger partial charge in [0.05, 0.1) is 12.1 Å². The summed E-state index contributed by atoms with van der Waals surface area (Å²) in [5, 5.41) is 22.1. The van der Waals surface area contributed by atoms with E-state index in [4.69, 9.17) is 19.7 Å². The molecule has 2 aromatic carbocycles. The lowest BCUT2D eigenvalue weighted by molar-refractivity contribution is -0.140. The molecule has 1 aliphatic heterocycles. The molecule has 0 aliphatic carbocycles. The molecule has 0 amide bonds. The number of pyridine rings is 1. The van der Waals surface area contributed by atoms with Crippen molar-refractivity contribution in [3.05, 3.63) is 72.6 Å². The summed E-state index contributed by atoms with van der Waals surface area (Å²) in [5.74, 6) is 1.19. The first-order chi connectivity index (χ1) is 16.1. The van der Waals surface area contributed by atoms with E-state index in [2.05, 4.69) is 22.4 Å². The molecule has 1 atom stereocenters. The van der Waals surface area contributed by atoms with Crippen molar-refractivity contribution in [2.24, 2.45) is 0 Å². The molecule has 3 heterocycles. The lowest BCUT2D eigenvalue weighted by atomic mass is 10.0. The van der Waals surface area contributed by atoms with Crippen molar-refractivity contribution in [3.8, 4) is 28.4 Å². The van der Waals surface area contributed by atoms with Crippen LogP contribution in [0, 0.1) is 0 Å². The number of benzene rings is 2. The number of aliphatic hydroxyl groups is 1. The molecule has 33 heavy (non-hydrogen) atoms. The van der Waals surface area contributed by atoms with E-state index >= 15 is 0 Å². The summed E-state index contributed by atoms with van der Waals surface area (Å²) in [4.78, 5) is 15.6. The van der Waals surface area contributed by atoms with Crippen molar-refractivity contribution < 1.29 is 24.5 Å². The minimum Gasteiger partial charge on any atom is -0.486 e. The number of fused-ring (bicyclic) bond motifs is 2. The van der Waals surface area contributed by atoms with Gasteiger partial charge in [0.2, 0.25) is 0 Å². The molecule has 0 bridgehead atoms. The van der Waals surface area contributed by atoms with Crippen LogP contribution in [0.4, 0.5) is 0 Å². The van der Waals surface area contributed by atoms with E-state index in [-0.39, 0.29) is 0 Å². The molecule has 0 fully saturated rings. The fraction of sp³-hybridized carbons (Fsp3) is 0.200. The Kier molecular flexibility index (Phi) is 5.68. The van der Waals surface area contributed by atoms with Crippen molar-refractivity contribution in [1.29, 1.82) is 0 Å². The van der Waals surface area contributed by atoms with E-state index in [0.717, 1.165) is 44.9 Å². The Bertz CT molecular complexity index is 1300. The number of aromatic nitrogens is 2. The zero-order chi connectivity index (χ0) is 22.8. The summed E-state index contributed by atoms with van der Waals surface area (Å²) in [6.07, 6.45) is 3.69. The average Bonchev–Trinajstić information content (AvgIpc) is 3.29. The molecule has 2 aromatic heterocycles. The van der Waals surface area contributed by atoms with Crippen molar-refractivity contribution >= 4 is 16.9 Å². The number of nitrogens with zero attached hydrogens (tertiary/aromatic N) is 2. The summed E-state index contributed by atoms with van der Waals surface area (Å²) in [6.45, 7) is 0.937. The predicted octanol–water partition coefficient (Wildman–Crippen LogP) is 3.00.